The van der Waals surface area contributed by atoms with E-state index in [2.05, 4.69) is 15.4 Å². The van der Waals surface area contributed by atoms with Crippen LogP contribution in [0.2, 0.25) is 0 Å². The topological polar surface area (TPSA) is 186 Å². The van der Waals surface area contributed by atoms with Crippen molar-refractivity contribution in [2.75, 3.05) is 26.4 Å². The Morgan fingerprint density at radius 2 is 1.46 bits per heavy atom. The summed E-state index contributed by atoms with van der Waals surface area (Å²) in [7, 11) is -4.14. The van der Waals surface area contributed by atoms with E-state index >= 15 is 0 Å². The summed E-state index contributed by atoms with van der Waals surface area (Å²) in [5.41, 5.74) is 0. The van der Waals surface area contributed by atoms with Crippen LogP contribution in [0.4, 0.5) is 9.59 Å². The molecule has 1 rings (SSSR count). The van der Waals surface area contributed by atoms with E-state index in [-0.39, 0.29) is 13.0 Å². The summed E-state index contributed by atoms with van der Waals surface area (Å²) < 4.78 is 52.7. The molecule has 0 aromatic heterocycles. The Morgan fingerprint density at radius 1 is 0.943 bits per heavy atom. The summed E-state index contributed by atoms with van der Waals surface area (Å²) in [4.78, 5) is 23.0. The minimum atomic E-state index is -4.14. The Hall–Kier alpha value is -1.95. The van der Waals surface area contributed by atoms with Gasteiger partial charge in [-0.2, -0.15) is 0 Å². The summed E-state index contributed by atoms with van der Waals surface area (Å²) in [6, 6.07) is 0. The molecule has 0 saturated carbocycles. The molecule has 0 amide bonds. The molecule has 15 heteroatoms. The van der Waals surface area contributed by atoms with Gasteiger partial charge in [0.1, 0.15) is 24.9 Å². The fraction of sp³-hybridized carbons (Fsp3) is 0.800. The van der Waals surface area contributed by atoms with E-state index in [4.69, 9.17) is 34.4 Å². The van der Waals surface area contributed by atoms with Gasteiger partial charge in [-0.15, -0.1) is 6.42 Å². The lowest BCUT2D eigenvalue weighted by Crippen LogP contribution is -2.58. The fourth-order valence-corrected chi connectivity index (χ4v) is 3.97. The third-order valence-electron chi connectivity index (χ3n) is 4.20. The number of carbonyl (C=O) groups excluding carboxylic acids is 2. The highest BCUT2D eigenvalue weighted by Crippen LogP contribution is 2.49. The number of hydrogen-bond acceptors (Lipinski definition) is 14. The van der Waals surface area contributed by atoms with E-state index < -0.39 is 82.6 Å². The van der Waals surface area contributed by atoms with Crippen LogP contribution >= 0.6 is 7.60 Å². The summed E-state index contributed by atoms with van der Waals surface area (Å²) >= 11 is 0. The van der Waals surface area contributed by atoms with Gasteiger partial charge in [-0.05, 0) is 34.1 Å². The molecule has 5 atom stereocenters. The highest BCUT2D eigenvalue weighted by Gasteiger charge is 2.45. The quantitative estimate of drug-likeness (QED) is 0.133. The second-order valence-corrected chi connectivity index (χ2v) is 9.95. The summed E-state index contributed by atoms with van der Waals surface area (Å²) in [5.74, 6) is 2.18. The Balaban J connectivity index is 2.79. The highest BCUT2D eigenvalue weighted by molar-refractivity contribution is 7.53. The Labute approximate surface area is 203 Å². The van der Waals surface area contributed by atoms with E-state index in [1.54, 1.807) is 27.7 Å². The molecule has 1 aliphatic rings. The third-order valence-corrected chi connectivity index (χ3v) is 6.01. The lowest BCUT2D eigenvalue weighted by molar-refractivity contribution is -0.293. The van der Waals surface area contributed by atoms with Crippen LogP contribution in [-0.4, -0.2) is 96.9 Å². The van der Waals surface area contributed by atoms with Gasteiger partial charge < -0.3 is 43.7 Å². The lowest BCUT2D eigenvalue weighted by Gasteiger charge is -2.40. The second-order valence-electron chi connectivity index (χ2n) is 7.77. The predicted molar refractivity (Wildman–Crippen MR) is 116 cm³/mol. The summed E-state index contributed by atoms with van der Waals surface area (Å²) in [5, 5.41) is 30.3. The van der Waals surface area contributed by atoms with Crippen LogP contribution in [0.5, 0.6) is 0 Å². The van der Waals surface area contributed by atoms with Crippen molar-refractivity contribution in [2.45, 2.75) is 77.0 Å². The third kappa shape index (κ3) is 11.6. The van der Waals surface area contributed by atoms with E-state index in [0.717, 1.165) is 0 Å². The number of terminal acetylenes is 1. The van der Waals surface area contributed by atoms with Crippen LogP contribution in [0.25, 0.3) is 0 Å². The van der Waals surface area contributed by atoms with Gasteiger partial charge in [0.25, 0.3) is 0 Å². The first-order valence-electron chi connectivity index (χ1n) is 10.7. The van der Waals surface area contributed by atoms with Gasteiger partial charge in [0, 0.05) is 0 Å². The zero-order chi connectivity index (χ0) is 26.6. The average Bonchev–Trinajstić information content (AvgIpc) is 2.75. The molecule has 1 saturated heterocycles. The predicted octanol–water partition coefficient (Wildman–Crippen LogP) is 1.10. The smallest absolute Gasteiger partial charge is 0.432 e. The summed E-state index contributed by atoms with van der Waals surface area (Å²) in [6.45, 7) is 4.45. The standard InChI is InChI=1S/C20H33O14P/c1-6-8-27-18-17(23)16(22)15(21)14(34-18)7-9-35(26,30-10-28-19(24)32-12(2)3)31-11-29-20(25)33-13(4)5/h1,12-18,21-23H,7-11H2,2-5H3/t14-,15?,16?,17?,18?/m1/s1. The van der Waals surface area contributed by atoms with Crippen LogP contribution in [0.1, 0.15) is 34.1 Å². The van der Waals surface area contributed by atoms with Crippen molar-refractivity contribution in [3.05, 3.63) is 0 Å². The molecule has 4 unspecified atom stereocenters. The van der Waals surface area contributed by atoms with Gasteiger partial charge >= 0.3 is 19.9 Å². The number of ether oxygens (including phenoxy) is 6. The minimum absolute atomic E-state index is 0.240. The molecule has 35 heavy (non-hydrogen) atoms. The van der Waals surface area contributed by atoms with Gasteiger partial charge in [0.05, 0.1) is 24.5 Å². The molecule has 0 bridgehead atoms. The molecule has 0 aliphatic carbocycles. The maximum absolute atomic E-state index is 13.2. The number of aliphatic hydroxyl groups excluding tert-OH is 3. The van der Waals surface area contributed by atoms with Gasteiger partial charge in [-0.3, -0.25) is 13.6 Å². The molecule has 0 aromatic carbocycles. The first-order valence-corrected chi connectivity index (χ1v) is 12.4. The van der Waals surface area contributed by atoms with Crippen molar-refractivity contribution < 1.29 is 66.9 Å². The van der Waals surface area contributed by atoms with E-state index in [1.165, 1.54) is 0 Å². The minimum Gasteiger partial charge on any atom is -0.432 e. The zero-order valence-corrected chi connectivity index (χ0v) is 20.8. The van der Waals surface area contributed by atoms with E-state index in [0.29, 0.717) is 0 Å². The second kappa shape index (κ2) is 15.2. The van der Waals surface area contributed by atoms with E-state index in [1.807, 2.05) is 0 Å². The highest BCUT2D eigenvalue weighted by atomic mass is 31.2. The first-order chi connectivity index (χ1) is 16.4. The van der Waals surface area contributed by atoms with Crippen molar-refractivity contribution in [1.82, 2.24) is 0 Å². The van der Waals surface area contributed by atoms with Crippen LogP contribution in [0.3, 0.4) is 0 Å². The monoisotopic (exact) mass is 528 g/mol. The molecule has 1 aliphatic heterocycles. The molecule has 14 nitrogen and oxygen atoms in total. The number of hydrogen-bond donors (Lipinski definition) is 3. The van der Waals surface area contributed by atoms with Crippen molar-refractivity contribution >= 4 is 19.9 Å². The van der Waals surface area contributed by atoms with Gasteiger partial charge in [-0.1, -0.05) is 5.92 Å². The Morgan fingerprint density at radius 3 is 1.91 bits per heavy atom. The van der Waals surface area contributed by atoms with Crippen LogP contribution < -0.4 is 0 Å². The van der Waals surface area contributed by atoms with Crippen LogP contribution in [0.15, 0.2) is 0 Å². The molecule has 0 spiro atoms. The number of carbonyl (C=O) groups is 2. The average molecular weight is 528 g/mol. The Kier molecular flexibility index (Phi) is 13.5. The molecular weight excluding hydrogens is 495 g/mol. The number of rotatable bonds is 13. The molecule has 0 aromatic rings. The molecule has 3 N–H and O–H groups in total. The van der Waals surface area contributed by atoms with Gasteiger partial charge in [0.15, 0.2) is 6.29 Å². The first kappa shape index (κ1) is 31.1. The Bertz CT molecular complexity index is 719. The molecule has 1 heterocycles. The van der Waals surface area contributed by atoms with Gasteiger partial charge in [0.2, 0.25) is 13.6 Å². The van der Waals surface area contributed by atoms with Crippen molar-refractivity contribution in [3.8, 4) is 12.3 Å². The normalized spacial score (nSPS) is 24.6. The molecule has 202 valence electrons. The maximum atomic E-state index is 13.2. The van der Waals surface area contributed by atoms with Gasteiger partial charge in [-0.25, -0.2) is 9.59 Å². The van der Waals surface area contributed by atoms with Crippen molar-refractivity contribution in [3.63, 3.8) is 0 Å². The van der Waals surface area contributed by atoms with Crippen molar-refractivity contribution in [1.29, 1.82) is 0 Å². The molecular formula is C20H33O14P. The lowest BCUT2D eigenvalue weighted by atomic mass is 9.97. The summed E-state index contributed by atoms with van der Waals surface area (Å²) in [6.07, 6.45) is -6.07. The SMILES string of the molecule is C#CCOC1O[C@H](CCP(=O)(OCOC(=O)OC(C)C)OCOC(=O)OC(C)C)C(O)C(O)C1O. The van der Waals surface area contributed by atoms with Crippen LogP contribution in [0, 0.1) is 12.3 Å². The van der Waals surface area contributed by atoms with E-state index in [9.17, 15) is 29.5 Å². The zero-order valence-electron chi connectivity index (χ0n) is 19.9. The largest absolute Gasteiger partial charge is 0.510 e. The molecule has 0 radical (unpaired) electrons. The fourth-order valence-electron chi connectivity index (χ4n) is 2.64. The number of aliphatic hydroxyl groups is 3. The van der Waals surface area contributed by atoms with Crippen LogP contribution in [-0.2, 0) is 42.0 Å². The molecule has 1 fully saturated rings. The van der Waals surface area contributed by atoms with Crippen molar-refractivity contribution in [2.24, 2.45) is 0 Å². The maximum Gasteiger partial charge on any atom is 0.510 e.